The molecule has 28 heavy (non-hydrogen) atoms. The lowest BCUT2D eigenvalue weighted by Gasteiger charge is -2.13. The molecule has 2 heterocycles. The van der Waals surface area contributed by atoms with Gasteiger partial charge in [-0.1, -0.05) is 11.6 Å². The van der Waals surface area contributed by atoms with E-state index in [9.17, 15) is 4.39 Å². The Hall–Kier alpha value is -2.42. The van der Waals surface area contributed by atoms with Crippen LogP contribution in [0.1, 0.15) is 0 Å². The molecule has 0 bridgehead atoms. The number of aromatic nitrogens is 3. The first kappa shape index (κ1) is 20.3. The Morgan fingerprint density at radius 1 is 1.11 bits per heavy atom. The summed E-state index contributed by atoms with van der Waals surface area (Å²) in [5.74, 6) is 1.15. The molecular weight excluding hydrogens is 399 g/mol. The zero-order valence-corrected chi connectivity index (χ0v) is 17.0. The van der Waals surface area contributed by atoms with E-state index in [1.807, 2.05) is 19.2 Å². The molecule has 1 aromatic carbocycles. The van der Waals surface area contributed by atoms with Gasteiger partial charge < -0.3 is 16.0 Å². The van der Waals surface area contributed by atoms with Crippen molar-refractivity contribution in [3.8, 4) is 11.3 Å². The number of nitrogens with zero attached hydrogens (tertiary/aromatic N) is 3. The van der Waals surface area contributed by atoms with Crippen LogP contribution >= 0.6 is 23.4 Å². The molecule has 0 aliphatic heterocycles. The molecule has 0 fully saturated rings. The maximum absolute atomic E-state index is 14.3. The summed E-state index contributed by atoms with van der Waals surface area (Å²) >= 11 is 7.59. The molecule has 0 saturated carbocycles. The van der Waals surface area contributed by atoms with Crippen LogP contribution in [-0.4, -0.2) is 41.6 Å². The molecule has 2 aromatic heterocycles. The van der Waals surface area contributed by atoms with E-state index in [1.54, 1.807) is 37.1 Å². The fourth-order valence-electron chi connectivity index (χ4n) is 2.45. The van der Waals surface area contributed by atoms with E-state index >= 15 is 0 Å². The first-order chi connectivity index (χ1) is 13.6. The Labute approximate surface area is 172 Å². The summed E-state index contributed by atoms with van der Waals surface area (Å²) in [6.45, 7) is 0.829. The maximum atomic E-state index is 14.3. The summed E-state index contributed by atoms with van der Waals surface area (Å²) in [5.41, 5.74) is 2.28. The summed E-state index contributed by atoms with van der Waals surface area (Å²) in [5, 5.41) is 19.1. The van der Waals surface area contributed by atoms with Crippen molar-refractivity contribution in [1.82, 2.24) is 20.5 Å². The van der Waals surface area contributed by atoms with Crippen LogP contribution in [0.15, 0.2) is 47.6 Å². The van der Waals surface area contributed by atoms with Crippen molar-refractivity contribution < 1.29 is 4.39 Å². The SMILES string of the molecule is CNCCSc1nnc(-c2cc(Cl)ccc2F)cc1Nc1ccnc(NC)c1. The molecule has 0 amide bonds. The third-order valence-electron chi connectivity index (χ3n) is 3.85. The lowest BCUT2D eigenvalue weighted by atomic mass is 10.1. The number of hydrogen-bond donors (Lipinski definition) is 3. The number of hydrogen-bond acceptors (Lipinski definition) is 7. The Morgan fingerprint density at radius 2 is 1.96 bits per heavy atom. The van der Waals surface area contributed by atoms with Crippen LogP contribution in [0.25, 0.3) is 11.3 Å². The van der Waals surface area contributed by atoms with E-state index in [2.05, 4.69) is 31.1 Å². The standard InChI is InChI=1S/C19H20ClFN6S/c1-22-7-8-28-19-17(25-13-5-6-24-18(10-13)23-2)11-16(26-27-19)14-9-12(20)3-4-15(14)21/h3-6,9-11,22H,7-8H2,1-2H3,(H2,23,24,25,26). The van der Waals surface area contributed by atoms with Crippen molar-refractivity contribution in [1.29, 1.82) is 0 Å². The zero-order chi connectivity index (χ0) is 19.9. The fourth-order valence-corrected chi connectivity index (χ4v) is 3.49. The Balaban J connectivity index is 1.98. The summed E-state index contributed by atoms with van der Waals surface area (Å²) in [4.78, 5) is 4.21. The molecule has 9 heteroatoms. The number of anilines is 3. The van der Waals surface area contributed by atoms with Crippen molar-refractivity contribution in [2.24, 2.45) is 0 Å². The summed E-state index contributed by atoms with van der Waals surface area (Å²) in [6, 6.07) is 9.88. The average molecular weight is 419 g/mol. The van der Waals surface area contributed by atoms with E-state index in [-0.39, 0.29) is 0 Å². The normalized spacial score (nSPS) is 10.7. The van der Waals surface area contributed by atoms with Gasteiger partial charge in [0, 0.05) is 47.9 Å². The van der Waals surface area contributed by atoms with E-state index in [4.69, 9.17) is 11.6 Å². The van der Waals surface area contributed by atoms with Crippen molar-refractivity contribution in [2.45, 2.75) is 5.03 Å². The summed E-state index contributed by atoms with van der Waals surface area (Å²) in [6.07, 6.45) is 1.70. The third-order valence-corrected chi connectivity index (χ3v) is 5.07. The molecule has 0 unspecified atom stereocenters. The lowest BCUT2D eigenvalue weighted by molar-refractivity contribution is 0.630. The van der Waals surface area contributed by atoms with Gasteiger partial charge >= 0.3 is 0 Å². The van der Waals surface area contributed by atoms with Crippen molar-refractivity contribution >= 4 is 40.6 Å². The van der Waals surface area contributed by atoms with Gasteiger partial charge in [-0.3, -0.25) is 0 Å². The minimum absolute atomic E-state index is 0.306. The first-order valence-electron chi connectivity index (χ1n) is 8.62. The van der Waals surface area contributed by atoms with Gasteiger partial charge in [0.1, 0.15) is 16.7 Å². The molecular formula is C19H20ClFN6S. The van der Waals surface area contributed by atoms with Crippen molar-refractivity contribution in [3.63, 3.8) is 0 Å². The topological polar surface area (TPSA) is 74.8 Å². The van der Waals surface area contributed by atoms with Gasteiger partial charge in [0.2, 0.25) is 0 Å². The molecule has 0 atom stereocenters. The predicted molar refractivity (Wildman–Crippen MR) is 114 cm³/mol. The minimum atomic E-state index is -0.401. The van der Waals surface area contributed by atoms with Gasteiger partial charge in [0.15, 0.2) is 0 Å². The lowest BCUT2D eigenvalue weighted by Crippen LogP contribution is -2.10. The monoisotopic (exact) mass is 418 g/mol. The molecule has 0 aliphatic rings. The first-order valence-corrected chi connectivity index (χ1v) is 9.98. The number of halogens is 2. The zero-order valence-electron chi connectivity index (χ0n) is 15.5. The smallest absolute Gasteiger partial charge is 0.142 e. The third kappa shape index (κ3) is 5.09. The van der Waals surface area contributed by atoms with Crippen LogP contribution < -0.4 is 16.0 Å². The highest BCUT2D eigenvalue weighted by atomic mass is 35.5. The van der Waals surface area contributed by atoms with Crippen LogP contribution in [0.5, 0.6) is 0 Å². The summed E-state index contributed by atoms with van der Waals surface area (Å²) in [7, 11) is 3.70. The Morgan fingerprint density at radius 3 is 2.75 bits per heavy atom. The van der Waals surface area contributed by atoms with E-state index in [0.717, 1.165) is 34.5 Å². The van der Waals surface area contributed by atoms with Gasteiger partial charge in [-0.15, -0.1) is 22.0 Å². The van der Waals surface area contributed by atoms with E-state index in [0.29, 0.717) is 16.3 Å². The summed E-state index contributed by atoms with van der Waals surface area (Å²) < 4.78 is 14.3. The molecule has 3 N–H and O–H groups in total. The minimum Gasteiger partial charge on any atom is -0.373 e. The largest absolute Gasteiger partial charge is 0.373 e. The Bertz CT molecular complexity index is 955. The second kappa shape index (κ2) is 9.68. The van der Waals surface area contributed by atoms with Crippen LogP contribution in [0.2, 0.25) is 5.02 Å². The highest BCUT2D eigenvalue weighted by molar-refractivity contribution is 7.99. The quantitative estimate of drug-likeness (QED) is 0.369. The van der Waals surface area contributed by atoms with Crippen LogP contribution in [0.4, 0.5) is 21.6 Å². The maximum Gasteiger partial charge on any atom is 0.142 e. The molecule has 3 aromatic rings. The van der Waals surface area contributed by atoms with Crippen molar-refractivity contribution in [2.75, 3.05) is 37.0 Å². The number of nitrogens with one attached hydrogen (secondary N) is 3. The molecule has 6 nitrogen and oxygen atoms in total. The van der Waals surface area contributed by atoms with Crippen LogP contribution in [0.3, 0.4) is 0 Å². The van der Waals surface area contributed by atoms with Crippen LogP contribution in [-0.2, 0) is 0 Å². The second-order valence-electron chi connectivity index (χ2n) is 5.83. The highest BCUT2D eigenvalue weighted by Gasteiger charge is 2.13. The van der Waals surface area contributed by atoms with Crippen LogP contribution in [0, 0.1) is 5.82 Å². The highest BCUT2D eigenvalue weighted by Crippen LogP contribution is 2.32. The molecule has 0 radical (unpaired) electrons. The number of pyridine rings is 1. The van der Waals surface area contributed by atoms with Gasteiger partial charge in [-0.25, -0.2) is 9.37 Å². The van der Waals surface area contributed by atoms with Gasteiger partial charge in [0.05, 0.1) is 11.4 Å². The van der Waals surface area contributed by atoms with Gasteiger partial charge in [-0.05, 0) is 37.4 Å². The molecule has 0 aliphatic carbocycles. The fraction of sp³-hybridized carbons (Fsp3) is 0.211. The van der Waals surface area contributed by atoms with Crippen molar-refractivity contribution in [3.05, 3.63) is 53.4 Å². The molecule has 0 saturated heterocycles. The average Bonchev–Trinajstić information content (AvgIpc) is 2.71. The Kier molecular flexibility index (Phi) is 7.02. The number of benzene rings is 1. The number of rotatable bonds is 8. The molecule has 0 spiro atoms. The number of thioether (sulfide) groups is 1. The van der Waals surface area contributed by atoms with Gasteiger partial charge in [0.25, 0.3) is 0 Å². The molecule has 3 rings (SSSR count). The predicted octanol–water partition coefficient (Wildman–Crippen LogP) is 4.43. The molecule has 146 valence electrons. The van der Waals surface area contributed by atoms with E-state index < -0.39 is 5.82 Å². The van der Waals surface area contributed by atoms with E-state index in [1.165, 1.54) is 12.1 Å². The van der Waals surface area contributed by atoms with Gasteiger partial charge in [-0.2, -0.15) is 0 Å². The second-order valence-corrected chi connectivity index (χ2v) is 7.35.